The van der Waals surface area contributed by atoms with Crippen LogP contribution in [0.15, 0.2) is 30.6 Å². The van der Waals surface area contributed by atoms with Crippen LogP contribution in [-0.4, -0.2) is 106 Å². The molecule has 1 atom stereocenters. The topological polar surface area (TPSA) is 133 Å². The predicted octanol–water partition coefficient (Wildman–Crippen LogP) is 5.56. The largest absolute Gasteiger partial charge is 0.494 e. The number of rotatable bonds is 9. The maximum Gasteiger partial charge on any atom is 0.407 e. The first kappa shape index (κ1) is 35.7. The van der Waals surface area contributed by atoms with Gasteiger partial charge in [-0.2, -0.15) is 5.10 Å². The average molecular weight is 714 g/mol. The van der Waals surface area contributed by atoms with Crippen molar-refractivity contribution >= 4 is 34.3 Å². The minimum atomic E-state index is -0.600. The van der Waals surface area contributed by atoms with E-state index in [9.17, 15) is 14.4 Å². The van der Waals surface area contributed by atoms with Crippen molar-refractivity contribution in [1.29, 1.82) is 0 Å². The van der Waals surface area contributed by atoms with Crippen LogP contribution in [0.4, 0.5) is 4.79 Å². The Balaban J connectivity index is 1.20. The molecule has 278 valence electrons. The Bertz CT molecular complexity index is 1980. The second kappa shape index (κ2) is 14.4. The number of hydrogen-bond acceptors (Lipinski definition) is 8. The molecule has 0 bridgehead atoms. The van der Waals surface area contributed by atoms with Crippen LogP contribution < -0.4 is 10.1 Å². The molecule has 3 amide bonds. The third-order valence-electron chi connectivity index (χ3n) is 10.5. The highest BCUT2D eigenvalue weighted by Gasteiger charge is 2.32. The summed E-state index contributed by atoms with van der Waals surface area (Å²) in [5, 5.41) is 9.20. The first-order chi connectivity index (χ1) is 24.9. The van der Waals surface area contributed by atoms with Crippen molar-refractivity contribution in [2.45, 2.75) is 90.3 Å². The van der Waals surface area contributed by atoms with Gasteiger partial charge in [0, 0.05) is 75.1 Å². The van der Waals surface area contributed by atoms with Gasteiger partial charge in [-0.25, -0.2) is 9.31 Å². The van der Waals surface area contributed by atoms with Crippen LogP contribution in [0.1, 0.15) is 86.8 Å². The lowest BCUT2D eigenvalue weighted by atomic mass is 9.92. The lowest BCUT2D eigenvalue weighted by molar-refractivity contribution is -0.136. The fourth-order valence-electron chi connectivity index (χ4n) is 7.84. The van der Waals surface area contributed by atoms with E-state index >= 15 is 0 Å². The van der Waals surface area contributed by atoms with Gasteiger partial charge in [-0.05, 0) is 90.3 Å². The highest BCUT2D eigenvalue weighted by molar-refractivity contribution is 5.96. The minimum Gasteiger partial charge on any atom is -0.494 e. The number of methoxy groups -OCH3 is 2. The monoisotopic (exact) mass is 713 g/mol. The average Bonchev–Trinajstić information content (AvgIpc) is 3.78. The van der Waals surface area contributed by atoms with Crippen molar-refractivity contribution in [3.63, 3.8) is 0 Å². The van der Waals surface area contributed by atoms with Crippen molar-refractivity contribution in [2.75, 3.05) is 47.0 Å². The summed E-state index contributed by atoms with van der Waals surface area (Å²) < 4.78 is 20.6. The molecule has 0 spiro atoms. The Labute approximate surface area is 304 Å². The molecule has 3 aliphatic rings. The maximum absolute atomic E-state index is 14.0. The summed E-state index contributed by atoms with van der Waals surface area (Å²) in [6, 6.07) is 5.90. The van der Waals surface area contributed by atoms with Crippen molar-refractivity contribution < 1.29 is 28.6 Å². The number of amides is 3. The van der Waals surface area contributed by atoms with Crippen LogP contribution >= 0.6 is 0 Å². The zero-order valence-electron chi connectivity index (χ0n) is 31.2. The standard InChI is InChI=1S/C39H51N7O6/c1-24-33(30-18-27-11-14-40-34(36(27)45(30)20-25-9-10-25)26-12-16-43(17-13-26)32(47)23-50-5)42-46-21-28(19-31(51-6)35(24)46)37(48)44-15-7-8-29(22-44)41-38(49)52-39(2,3)4/h11,14,18-19,21,25-26,29H,7-10,12-13,15-17,20,22-23H2,1-6H3,(H,41,49)/t29-/m1/s1. The Morgan fingerprint density at radius 1 is 0.981 bits per heavy atom. The fraction of sp³-hybridized carbons (Fsp3) is 0.564. The smallest absolute Gasteiger partial charge is 0.407 e. The summed E-state index contributed by atoms with van der Waals surface area (Å²) >= 11 is 0. The molecule has 7 rings (SSSR count). The molecule has 2 aliphatic heterocycles. The molecule has 1 saturated carbocycles. The van der Waals surface area contributed by atoms with Gasteiger partial charge in [0.2, 0.25) is 5.91 Å². The highest BCUT2D eigenvalue weighted by atomic mass is 16.6. The Kier molecular flexibility index (Phi) is 9.90. The molecule has 0 unspecified atom stereocenters. The first-order valence-electron chi connectivity index (χ1n) is 18.5. The van der Waals surface area contributed by atoms with E-state index in [0.717, 1.165) is 71.3 Å². The van der Waals surface area contributed by atoms with E-state index in [1.54, 1.807) is 35.9 Å². The van der Waals surface area contributed by atoms with Gasteiger partial charge in [-0.15, -0.1) is 0 Å². The SMILES string of the molecule is COCC(=O)N1CCC(c2nccc3cc(-c4nn5cc(C(=O)N6CCC[C@@H](NC(=O)OC(C)(C)C)C6)cc(OC)c5c4C)n(CC4CC4)c23)CC1. The van der Waals surface area contributed by atoms with Gasteiger partial charge < -0.3 is 33.9 Å². The summed E-state index contributed by atoms with van der Waals surface area (Å²) in [6.07, 6.45) is 8.85. The second-order valence-electron chi connectivity index (χ2n) is 15.6. The lowest BCUT2D eigenvalue weighted by Crippen LogP contribution is -2.50. The van der Waals surface area contributed by atoms with Gasteiger partial charge in [-0.1, -0.05) is 0 Å². The van der Waals surface area contributed by atoms with E-state index in [0.29, 0.717) is 43.4 Å². The molecule has 0 aromatic carbocycles. The van der Waals surface area contributed by atoms with E-state index in [-0.39, 0.29) is 30.4 Å². The maximum atomic E-state index is 14.0. The Morgan fingerprint density at radius 2 is 1.75 bits per heavy atom. The third-order valence-corrected chi connectivity index (χ3v) is 10.5. The van der Waals surface area contributed by atoms with Crippen LogP contribution in [0.25, 0.3) is 27.8 Å². The molecule has 1 aliphatic carbocycles. The van der Waals surface area contributed by atoms with Gasteiger partial charge in [0.15, 0.2) is 0 Å². The summed E-state index contributed by atoms with van der Waals surface area (Å²) in [7, 11) is 3.17. The van der Waals surface area contributed by atoms with Gasteiger partial charge in [0.25, 0.3) is 5.91 Å². The number of hydrogen-bond donors (Lipinski definition) is 1. The molecule has 52 heavy (non-hydrogen) atoms. The molecule has 1 N–H and O–H groups in total. The predicted molar refractivity (Wildman–Crippen MR) is 197 cm³/mol. The van der Waals surface area contributed by atoms with Crippen molar-refractivity contribution in [3.8, 4) is 17.1 Å². The van der Waals surface area contributed by atoms with E-state index in [1.807, 2.05) is 31.9 Å². The summed E-state index contributed by atoms with van der Waals surface area (Å²) in [6.45, 7) is 10.9. The summed E-state index contributed by atoms with van der Waals surface area (Å²) in [5.74, 6) is 1.30. The minimum absolute atomic E-state index is 0.0319. The number of pyridine rings is 2. The van der Waals surface area contributed by atoms with E-state index in [4.69, 9.17) is 24.3 Å². The number of ether oxygens (including phenoxy) is 3. The van der Waals surface area contributed by atoms with Crippen LogP contribution in [0.2, 0.25) is 0 Å². The van der Waals surface area contributed by atoms with Crippen LogP contribution in [0.5, 0.6) is 5.75 Å². The molecule has 2 saturated heterocycles. The lowest BCUT2D eigenvalue weighted by Gasteiger charge is -2.33. The van der Waals surface area contributed by atoms with Gasteiger partial charge in [0.1, 0.15) is 29.2 Å². The number of piperidine rings is 2. The Hall–Kier alpha value is -4.65. The van der Waals surface area contributed by atoms with Crippen LogP contribution in [0, 0.1) is 12.8 Å². The molecular formula is C39H51N7O6. The molecule has 6 heterocycles. The molecule has 13 nitrogen and oxygen atoms in total. The van der Waals surface area contributed by atoms with Gasteiger partial charge in [-0.3, -0.25) is 14.6 Å². The van der Waals surface area contributed by atoms with Crippen molar-refractivity contribution in [1.82, 2.24) is 34.3 Å². The number of carbonyl (C=O) groups is 3. The highest BCUT2D eigenvalue weighted by Crippen LogP contribution is 2.41. The summed E-state index contributed by atoms with van der Waals surface area (Å²) in [4.78, 5) is 47.6. The molecule has 4 aromatic rings. The molecule has 13 heteroatoms. The third kappa shape index (κ3) is 7.33. The number of carbonyl (C=O) groups excluding carboxylic acids is 3. The van der Waals surface area contributed by atoms with Crippen molar-refractivity contribution in [2.24, 2.45) is 5.92 Å². The quantitative estimate of drug-likeness (QED) is 0.239. The van der Waals surface area contributed by atoms with Gasteiger partial charge >= 0.3 is 6.09 Å². The number of likely N-dealkylation sites (tertiary alicyclic amines) is 2. The molecular weight excluding hydrogens is 662 g/mol. The number of nitrogens with zero attached hydrogens (tertiary/aromatic N) is 6. The zero-order valence-corrected chi connectivity index (χ0v) is 31.2. The number of aromatic nitrogens is 4. The van der Waals surface area contributed by atoms with Gasteiger partial charge in [0.05, 0.1) is 29.6 Å². The van der Waals surface area contributed by atoms with E-state index < -0.39 is 11.7 Å². The number of alkyl carbamates (subject to hydrolysis) is 1. The molecule has 0 radical (unpaired) electrons. The second-order valence-corrected chi connectivity index (χ2v) is 15.6. The van der Waals surface area contributed by atoms with E-state index in [1.165, 1.54) is 12.8 Å². The Morgan fingerprint density at radius 3 is 2.44 bits per heavy atom. The van der Waals surface area contributed by atoms with E-state index in [2.05, 4.69) is 28.9 Å². The number of aryl methyl sites for hydroxylation is 1. The van der Waals surface area contributed by atoms with Crippen LogP contribution in [0.3, 0.4) is 0 Å². The molecule has 4 aromatic heterocycles. The number of fused-ring (bicyclic) bond motifs is 2. The normalized spacial score (nSPS) is 18.6. The first-order valence-corrected chi connectivity index (χ1v) is 18.5. The summed E-state index contributed by atoms with van der Waals surface area (Å²) in [5.41, 5.74) is 5.73. The molecule has 3 fully saturated rings. The van der Waals surface area contributed by atoms with Crippen molar-refractivity contribution in [3.05, 3.63) is 47.4 Å². The van der Waals surface area contributed by atoms with Crippen LogP contribution in [-0.2, 0) is 20.8 Å². The zero-order chi connectivity index (χ0) is 36.7. The number of nitrogens with one attached hydrogen (secondary N) is 1. The fourth-order valence-corrected chi connectivity index (χ4v) is 7.84.